The van der Waals surface area contributed by atoms with E-state index in [4.69, 9.17) is 22.1 Å². The Balaban J connectivity index is 0.0000108. The first-order chi connectivity index (χ1) is 53.1. The minimum atomic E-state index is -6.35. The average molecular weight is 1320 g/mol. The third kappa shape index (κ3) is 8.85. The monoisotopic (exact) mass is 1320 g/mol. The van der Waals surface area contributed by atoms with Gasteiger partial charge in [-0.2, -0.15) is 18.2 Å². The largest absolute Gasteiger partial charge is 0.510 e. The van der Waals surface area contributed by atoms with Gasteiger partial charge in [0, 0.05) is 52.5 Å². The van der Waals surface area contributed by atoms with Gasteiger partial charge in [0.2, 0.25) is 0 Å². The van der Waals surface area contributed by atoms with Crippen molar-refractivity contribution in [2.45, 2.75) is 39.9 Å². The number of benzene rings is 11. The van der Waals surface area contributed by atoms with Crippen molar-refractivity contribution in [1.29, 1.82) is 0 Å². The Labute approximate surface area is 552 Å². The van der Waals surface area contributed by atoms with Crippen LogP contribution in [-0.2, 0) is 26.5 Å². The van der Waals surface area contributed by atoms with Crippen molar-refractivity contribution < 1.29 is 70.1 Å². The number of aryl methyl sites for hydroxylation is 2. The summed E-state index contributed by atoms with van der Waals surface area (Å²) in [4.78, 5) is 4.81. The van der Waals surface area contributed by atoms with E-state index in [1.54, 1.807) is 12.3 Å². The summed E-state index contributed by atoms with van der Waals surface area (Å²) in [5, 5.41) is -1.93. The normalized spacial score (nSPS) is 17.1. The minimum absolute atomic E-state index is 0. The van der Waals surface area contributed by atoms with Gasteiger partial charge < -0.3 is 13.9 Å². The van der Waals surface area contributed by atoms with Gasteiger partial charge >= 0.3 is 0 Å². The van der Waals surface area contributed by atoms with Crippen molar-refractivity contribution in [3.63, 3.8) is 0 Å². The summed E-state index contributed by atoms with van der Waals surface area (Å²) < 4.78 is 288. The Bertz CT molecular complexity index is 6280. The van der Waals surface area contributed by atoms with E-state index in [0.717, 1.165) is 27.9 Å². The summed E-state index contributed by atoms with van der Waals surface area (Å²) in [6.45, 7) is -0.116. The van der Waals surface area contributed by atoms with Crippen LogP contribution in [0.3, 0.4) is 0 Å². The molecule has 412 valence electrons. The van der Waals surface area contributed by atoms with Gasteiger partial charge in [0.05, 0.1) is 48.2 Å². The molecule has 0 fully saturated rings. The van der Waals surface area contributed by atoms with Crippen molar-refractivity contribution in [1.82, 2.24) is 14.1 Å². The quantitative estimate of drug-likeness (QED) is 0.0625. The van der Waals surface area contributed by atoms with E-state index in [9.17, 15) is 27.4 Å². The standard InChI is InChI=1S/C78H58N4OSi.Pt/c1-52-24-21-25-53(2)75(52)69-40-23-39-68-64-36-17-15-34-62(64)63-35-16-18-37-65(63)70-49-61(84(58-28-9-6-10-29-58,59-30-11-7-12-31-59)60-32-13-8-14-33-60)50-73-77(70)81(76(68)69)51-80(73)55-26-22-27-56(47-55)83-57-42-43-67-66-38-19-20-41-71(66)82(72(67)48-57)74-46-54(44-45-79-74)78(3,4)5;/h6-46,49-50H,1-5H3;/q-2;/i1D3,2D3,6D,7D,8D,9D,10D,11D,12D,13D,14D,15D,16D,17D,18D,28D,29D,30D,31D,32D,33D,34D,35D,36D,37D;. The summed E-state index contributed by atoms with van der Waals surface area (Å²) in [5.74, 6) is 0.600. The first kappa shape index (κ1) is 30.4. The van der Waals surface area contributed by atoms with Gasteiger partial charge in [-0.05, 0) is 130 Å². The van der Waals surface area contributed by atoms with E-state index in [0.29, 0.717) is 11.3 Å². The average Bonchev–Trinajstić information content (AvgIpc) is 1.13. The second-order valence-electron chi connectivity index (χ2n) is 20.9. The molecule has 4 heterocycles. The third-order valence-corrected chi connectivity index (χ3v) is 19.3. The molecule has 85 heavy (non-hydrogen) atoms. The maximum Gasteiger partial charge on any atom is 0.268 e. The van der Waals surface area contributed by atoms with Crippen LogP contribution in [0, 0.1) is 32.2 Å². The second-order valence-corrected chi connectivity index (χ2v) is 24.5. The molecular weight excluding hydrogens is 1230 g/mol. The van der Waals surface area contributed by atoms with E-state index >= 15 is 0 Å². The zero-order chi connectivity index (χ0) is 81.7. The van der Waals surface area contributed by atoms with Crippen LogP contribution in [0.25, 0.3) is 94.5 Å². The Morgan fingerprint density at radius 1 is 0.518 bits per heavy atom. The summed E-state index contributed by atoms with van der Waals surface area (Å²) in [6.07, 6.45) is 5.04. The molecule has 0 saturated carbocycles. The predicted octanol–water partition coefficient (Wildman–Crippen LogP) is 15.9. The Morgan fingerprint density at radius 2 is 1.09 bits per heavy atom. The molecule has 5 nitrogen and oxygen atoms in total. The topological polar surface area (TPSA) is 35.9 Å². The van der Waals surface area contributed by atoms with Crippen LogP contribution in [0.2, 0.25) is 0 Å². The molecule has 0 bridgehead atoms. The van der Waals surface area contributed by atoms with Gasteiger partial charge in [-0.25, -0.2) is 4.98 Å². The number of aromatic nitrogens is 4. The molecule has 3 aromatic heterocycles. The SMILES string of the molecule is [2H]c1c([2H])c([2H])c([Si](c2cc3c4c(c2)n(-c2[c-]c(Oc5[c-]c6c(cc5)c5ccccc5n6-c5cc(C(C)(C)C)ccn5)ccc2)[c-][n+]4-c2c(-c4c(C([2H])([2H])[2H])cccc4C([2H])([2H])[2H])cccc2-c2c([2H])c([2H])c([2H])c([2H])c2-c2c([2H])c([2H])c([2H])c([2H])c2-3)(c2c([2H])c([2H])c([2H])c([2H])c2[2H])c2c([2H])c([2H])c([2H])c([2H])c2[2H])c([2H])c1[2H].[Pt]. The second kappa shape index (κ2) is 21.3. The van der Waals surface area contributed by atoms with Crippen molar-refractivity contribution in [3.8, 4) is 73.2 Å². The van der Waals surface area contributed by atoms with Gasteiger partial charge in [0.15, 0.2) is 8.07 Å². The van der Waals surface area contributed by atoms with E-state index in [-0.39, 0.29) is 71.5 Å². The fourth-order valence-electron chi connectivity index (χ4n) is 11.5. The number of nitrogens with zero attached hydrogens (tertiary/aromatic N) is 4. The molecule has 0 saturated heterocycles. The van der Waals surface area contributed by atoms with Gasteiger partial charge in [-0.1, -0.05) is 232 Å². The molecule has 15 rings (SSSR count). The Kier molecular flexibility index (Phi) is 7.62. The van der Waals surface area contributed by atoms with Crippen LogP contribution in [0.5, 0.6) is 11.5 Å². The van der Waals surface area contributed by atoms with Crippen LogP contribution < -0.4 is 30.1 Å². The molecule has 11 aromatic carbocycles. The van der Waals surface area contributed by atoms with E-state index in [1.165, 1.54) is 69.8 Å². The number of fused-ring (bicyclic) bond motifs is 10. The number of hydrogen-bond acceptors (Lipinski definition) is 2. The van der Waals surface area contributed by atoms with Crippen LogP contribution in [0.1, 0.15) is 77.2 Å². The molecule has 0 spiro atoms. The van der Waals surface area contributed by atoms with Gasteiger partial charge in [-0.15, -0.1) is 29.7 Å². The maximum absolute atomic E-state index is 10.4. The van der Waals surface area contributed by atoms with Gasteiger partial charge in [0.1, 0.15) is 5.82 Å². The number of rotatable bonds is 9. The number of hydrogen-bond donors (Lipinski definition) is 0. The number of pyridine rings is 1. The molecule has 0 aliphatic carbocycles. The summed E-state index contributed by atoms with van der Waals surface area (Å²) >= 11 is 0. The number of ether oxygens (including phenoxy) is 1. The molecule has 0 unspecified atom stereocenters. The molecule has 0 amide bonds. The Morgan fingerprint density at radius 3 is 1.74 bits per heavy atom. The number of para-hydroxylation sites is 2. The summed E-state index contributed by atoms with van der Waals surface area (Å²) in [5.41, 5.74) is -4.51. The molecular formula is C78H58N4OPtSi-2. The maximum atomic E-state index is 10.4. The zero-order valence-electron chi connectivity index (χ0n) is 74.1. The van der Waals surface area contributed by atoms with Crippen molar-refractivity contribution >= 4 is 61.7 Å². The van der Waals surface area contributed by atoms with E-state index in [1.807, 2.05) is 47.0 Å². The summed E-state index contributed by atoms with van der Waals surface area (Å²) in [6, 6.07) is 11.5. The van der Waals surface area contributed by atoms with Gasteiger partial charge in [0.25, 0.3) is 6.33 Å². The Hall–Kier alpha value is -9.45. The van der Waals surface area contributed by atoms with Crippen LogP contribution in [0.4, 0.5) is 0 Å². The van der Waals surface area contributed by atoms with Crippen molar-refractivity contribution in [2.75, 3.05) is 0 Å². The van der Waals surface area contributed by atoms with E-state index < -0.39 is 226 Å². The van der Waals surface area contributed by atoms with Gasteiger partial charge in [-0.3, -0.25) is 4.57 Å². The molecule has 1 aliphatic heterocycles. The van der Waals surface area contributed by atoms with Crippen molar-refractivity contribution in [2.24, 2.45) is 0 Å². The van der Waals surface area contributed by atoms with Crippen LogP contribution in [-0.4, -0.2) is 22.2 Å². The first-order valence-electron chi connectivity index (χ1n) is 41.0. The molecule has 0 radical (unpaired) electrons. The zero-order valence-corrected chi connectivity index (χ0v) is 48.3. The number of imidazole rings is 1. The van der Waals surface area contributed by atoms with E-state index in [2.05, 4.69) is 39.2 Å². The molecule has 0 atom stereocenters. The molecule has 14 aromatic rings. The third-order valence-electron chi connectivity index (χ3n) is 15.2. The summed E-state index contributed by atoms with van der Waals surface area (Å²) in [7, 11) is -6.35. The first-order valence-corrected chi connectivity index (χ1v) is 28.5. The predicted molar refractivity (Wildman–Crippen MR) is 347 cm³/mol. The van der Waals surface area contributed by atoms with Crippen molar-refractivity contribution in [3.05, 3.63) is 296 Å². The minimum Gasteiger partial charge on any atom is -0.510 e. The molecule has 0 N–H and O–H groups in total. The van der Waals surface area contributed by atoms with Crippen LogP contribution >= 0.6 is 0 Å². The smallest absolute Gasteiger partial charge is 0.268 e. The fourth-order valence-corrected chi connectivity index (χ4v) is 15.3. The molecule has 7 heteroatoms. The molecule has 1 aliphatic rings. The fraction of sp³-hybridized carbons (Fsp3) is 0.0769. The van der Waals surface area contributed by atoms with Crippen LogP contribution in [0.15, 0.2) is 260 Å².